The van der Waals surface area contributed by atoms with E-state index in [9.17, 15) is 0 Å². The van der Waals surface area contributed by atoms with Crippen molar-refractivity contribution >= 4 is 42.4 Å². The predicted octanol–water partition coefficient (Wildman–Crippen LogP) is 3.21. The van der Waals surface area contributed by atoms with Crippen molar-refractivity contribution in [1.82, 2.24) is 5.32 Å². The van der Waals surface area contributed by atoms with Crippen molar-refractivity contribution < 1.29 is 66.1 Å². The van der Waals surface area contributed by atoms with E-state index in [0.717, 1.165) is 11.5 Å². The summed E-state index contributed by atoms with van der Waals surface area (Å²) in [6.07, 6.45) is 16.5. The van der Waals surface area contributed by atoms with E-state index in [-0.39, 0.29) is 67.4 Å². The van der Waals surface area contributed by atoms with Gasteiger partial charge in [0.25, 0.3) is 0 Å². The topological polar surface area (TPSA) is 23.3 Å². The van der Waals surface area contributed by atoms with Crippen LogP contribution in [0.5, 0.6) is 0 Å². The molecular weight excluding hydrogens is 872 g/mol. The molecule has 0 N–H and O–H groups in total. The van der Waals surface area contributed by atoms with Gasteiger partial charge in [-0.25, -0.2) is 5.32 Å². The van der Waals surface area contributed by atoms with Gasteiger partial charge in [-0.15, -0.1) is 0 Å². The van der Waals surface area contributed by atoms with Crippen molar-refractivity contribution in [1.29, 1.82) is 0 Å². The molecular formula is C46H43Cl2FeNOP2Ru. The molecule has 1 aliphatic heterocycles. The van der Waals surface area contributed by atoms with Gasteiger partial charge in [-0.2, -0.15) is 0 Å². The zero-order chi connectivity index (χ0) is 34.4. The van der Waals surface area contributed by atoms with Crippen LogP contribution in [0, 0.1) is 12.3 Å². The van der Waals surface area contributed by atoms with Gasteiger partial charge in [0.2, 0.25) is 5.88 Å². The van der Waals surface area contributed by atoms with Gasteiger partial charge in [0, 0.05) is 29.1 Å². The van der Waals surface area contributed by atoms with Crippen LogP contribution in [0.2, 0.25) is 0 Å². The Balaban J connectivity index is 0.000000319. The van der Waals surface area contributed by atoms with Gasteiger partial charge in [0.15, 0.2) is 0 Å². The summed E-state index contributed by atoms with van der Waals surface area (Å²) in [6.45, 7) is 5.09. The quantitative estimate of drug-likeness (QED) is 0.182. The average Bonchev–Trinajstić information content (AvgIpc) is 4.00. The zero-order valence-corrected chi connectivity index (χ0v) is 36.3. The van der Waals surface area contributed by atoms with Crippen LogP contribution in [-0.2, 0) is 41.3 Å². The van der Waals surface area contributed by atoms with Crippen molar-refractivity contribution in [3.05, 3.63) is 217 Å². The van der Waals surface area contributed by atoms with E-state index in [0.29, 0.717) is 12.5 Å². The van der Waals surface area contributed by atoms with E-state index in [4.69, 9.17) is 10.1 Å². The summed E-state index contributed by atoms with van der Waals surface area (Å²) in [5, 5.41) is 13.1. The van der Waals surface area contributed by atoms with Gasteiger partial charge in [0.1, 0.15) is 6.61 Å². The van der Waals surface area contributed by atoms with Gasteiger partial charge < -0.3 is 29.6 Å². The second-order valence-electron chi connectivity index (χ2n) is 12.2. The van der Waals surface area contributed by atoms with E-state index in [1.807, 2.05) is 30.7 Å². The minimum absolute atomic E-state index is 0. The molecule has 3 aliphatic rings. The Morgan fingerprint density at radius 3 is 1.22 bits per heavy atom. The molecule has 8 rings (SSSR count). The number of allylic oxidation sites excluding steroid dienone is 9. The fourth-order valence-corrected chi connectivity index (χ4v) is 10.5. The monoisotopic (exact) mass is 915 g/mol. The van der Waals surface area contributed by atoms with E-state index >= 15 is 0 Å². The van der Waals surface area contributed by atoms with Gasteiger partial charge in [0.05, 0.1) is 6.04 Å². The van der Waals surface area contributed by atoms with Crippen molar-refractivity contribution in [2.24, 2.45) is 5.92 Å². The van der Waals surface area contributed by atoms with Crippen LogP contribution >= 0.6 is 15.8 Å². The van der Waals surface area contributed by atoms with Gasteiger partial charge in [-0.05, 0) is 59.7 Å². The molecule has 0 bridgehead atoms. The summed E-state index contributed by atoms with van der Waals surface area (Å²) in [4.78, 5) is 0. The fraction of sp³-hybridized carbons (Fsp3) is 0.109. The van der Waals surface area contributed by atoms with E-state index in [2.05, 4.69) is 184 Å². The molecule has 8 heteroatoms. The number of hydrogen-bond acceptors (Lipinski definition) is 1. The summed E-state index contributed by atoms with van der Waals surface area (Å²) >= 11 is 0. The molecule has 0 saturated carbocycles. The number of ether oxygens (including phenoxy) is 1. The Kier molecular flexibility index (Phi) is 22.0. The van der Waals surface area contributed by atoms with Crippen molar-refractivity contribution in [2.75, 3.05) is 6.61 Å². The van der Waals surface area contributed by atoms with E-state index in [1.54, 1.807) is 0 Å². The summed E-state index contributed by atoms with van der Waals surface area (Å²) in [5.41, 5.74) is 1.15. The molecule has 5 aromatic rings. The molecule has 0 spiro atoms. The Hall–Kier alpha value is -3.02. The number of rotatable bonds is 7. The smallest absolute Gasteiger partial charge is 1.00 e. The Morgan fingerprint density at radius 2 is 0.907 bits per heavy atom. The summed E-state index contributed by atoms with van der Waals surface area (Å²) in [5.74, 6) is 1.30. The minimum atomic E-state index is -0.636. The summed E-state index contributed by atoms with van der Waals surface area (Å²) in [6, 6.07) is 54.1. The molecule has 0 unspecified atom stereocenters. The maximum atomic E-state index is 5.99. The van der Waals surface area contributed by atoms with Crippen LogP contribution in [0.1, 0.15) is 13.8 Å². The third kappa shape index (κ3) is 13.0. The molecule has 2 nitrogen and oxygen atoms in total. The second-order valence-corrected chi connectivity index (χ2v) is 16.6. The molecule has 2 radical (unpaired) electrons. The van der Waals surface area contributed by atoms with Crippen molar-refractivity contribution in [3.8, 4) is 0 Å². The summed E-state index contributed by atoms with van der Waals surface area (Å²) in [7, 11) is -1.08. The Bertz CT molecular complexity index is 1800. The van der Waals surface area contributed by atoms with Crippen LogP contribution < -0.4 is 56.7 Å². The molecule has 2 aliphatic carbocycles. The first-order valence-electron chi connectivity index (χ1n) is 17.2. The van der Waals surface area contributed by atoms with Crippen LogP contribution in [0.4, 0.5) is 0 Å². The van der Waals surface area contributed by atoms with Crippen LogP contribution in [-0.4, -0.2) is 12.6 Å². The molecule has 1 atom stereocenters. The molecule has 1 fully saturated rings. The molecule has 5 aromatic carbocycles. The second kappa shape index (κ2) is 25.2. The molecule has 1 heterocycles. The molecule has 0 amide bonds. The Labute approximate surface area is 360 Å². The molecule has 1 saturated heterocycles. The van der Waals surface area contributed by atoms with Crippen molar-refractivity contribution in [3.63, 3.8) is 0 Å². The summed E-state index contributed by atoms with van der Waals surface area (Å²) < 4.78 is 5.99. The van der Waals surface area contributed by atoms with Crippen LogP contribution in [0.3, 0.4) is 0 Å². The van der Waals surface area contributed by atoms with Gasteiger partial charge >= 0.3 is 19.5 Å². The van der Waals surface area contributed by atoms with Crippen molar-refractivity contribution in [2.45, 2.75) is 19.9 Å². The third-order valence-corrected chi connectivity index (χ3v) is 13.3. The third-order valence-electron chi connectivity index (χ3n) is 8.34. The largest absolute Gasteiger partial charge is 2.00 e. The maximum Gasteiger partial charge on any atom is 2.00 e. The molecule has 54 heavy (non-hydrogen) atoms. The number of nitrogens with zero attached hydrogens (tertiary/aromatic N) is 1. The minimum Gasteiger partial charge on any atom is -1.00 e. The van der Waals surface area contributed by atoms with E-state index < -0.39 is 15.8 Å². The van der Waals surface area contributed by atoms with Gasteiger partial charge in [-0.3, -0.25) is 0 Å². The first-order chi connectivity index (χ1) is 24.7. The predicted molar refractivity (Wildman–Crippen MR) is 218 cm³/mol. The number of halogens is 2. The van der Waals surface area contributed by atoms with E-state index in [1.165, 1.54) is 31.8 Å². The fourth-order valence-electron chi connectivity index (χ4n) is 5.75. The average molecular weight is 916 g/mol. The normalized spacial score (nSPS) is 15.9. The van der Waals surface area contributed by atoms with Crippen LogP contribution in [0.25, 0.3) is 0 Å². The SMILES string of the molecule is CC(C)[C@@H]1COC(=C2C=CC=C2P(c2ccccc2)c2ccccc2)[N]1.[CH]1C=CC=C1.[Cl-].[Cl-].[Fe].[Ru+2].c1ccc(P(c2ccccc2)c2ccccc2)cc1. The number of hydrogen-bond donors (Lipinski definition) is 0. The molecule has 0 aromatic heterocycles. The van der Waals surface area contributed by atoms with Gasteiger partial charge in [-0.1, -0.05) is 202 Å². The first kappa shape index (κ1) is 47.1. The maximum absolute atomic E-state index is 5.99. The molecule has 278 valence electrons. The van der Waals surface area contributed by atoms with Crippen LogP contribution in [0.15, 0.2) is 211 Å². The zero-order valence-electron chi connectivity index (χ0n) is 30.1. The first-order valence-corrected chi connectivity index (χ1v) is 19.9. The Morgan fingerprint density at radius 1 is 0.537 bits per heavy atom. The number of benzene rings is 5. The standard InChI is InChI=1S/C23H23NOP.C18H15P.C5H5.2ClH.Fe.Ru/c1-17(2)21-16-25-23(24-21)20-14-9-15-22(20)26(18-10-5-3-6-11-18)19-12-7-4-8-13-19;1-4-10-16(11-5-1)19(17-12-6-2-7-13-17)18-14-8-3-9-15-18;1-2-4-5-3-1;;;;/h3-15,17,21H,16H2,1-2H3;1-15H;1-5H;2*1H;;/q;;;;;;+2/p-2/t21-;;;;;;/m0....../s1.